The SMILES string of the molecule is CC1CCN(C(=O)C(=O)Nc2ccccc2Br)CC1. The Morgan fingerprint density at radius 1 is 1.26 bits per heavy atom. The van der Waals surface area contributed by atoms with E-state index in [1.54, 1.807) is 11.0 Å². The Hall–Kier alpha value is -1.36. The van der Waals surface area contributed by atoms with Gasteiger partial charge in [-0.25, -0.2) is 0 Å². The third-order valence-electron chi connectivity index (χ3n) is 3.39. The maximum absolute atomic E-state index is 12.0. The highest BCUT2D eigenvalue weighted by Crippen LogP contribution is 2.21. The summed E-state index contributed by atoms with van der Waals surface area (Å²) in [5.41, 5.74) is 0.617. The van der Waals surface area contributed by atoms with Crippen LogP contribution in [0.25, 0.3) is 0 Å². The molecule has 0 radical (unpaired) electrons. The van der Waals surface area contributed by atoms with Crippen LogP contribution in [0.5, 0.6) is 0 Å². The van der Waals surface area contributed by atoms with Gasteiger partial charge in [0.1, 0.15) is 0 Å². The van der Waals surface area contributed by atoms with Gasteiger partial charge in [-0.1, -0.05) is 19.1 Å². The lowest BCUT2D eigenvalue weighted by molar-refractivity contribution is -0.144. The summed E-state index contributed by atoms with van der Waals surface area (Å²) in [6, 6.07) is 7.25. The molecule has 0 atom stereocenters. The molecule has 1 heterocycles. The van der Waals surface area contributed by atoms with Crippen molar-refractivity contribution in [3.8, 4) is 0 Å². The number of nitrogens with one attached hydrogen (secondary N) is 1. The van der Waals surface area contributed by atoms with Crippen LogP contribution in [0.3, 0.4) is 0 Å². The van der Waals surface area contributed by atoms with Gasteiger partial charge in [0.25, 0.3) is 0 Å². The molecule has 1 aromatic rings. The molecule has 0 aromatic heterocycles. The molecule has 4 nitrogen and oxygen atoms in total. The normalized spacial score (nSPS) is 16.2. The Labute approximate surface area is 121 Å². The van der Waals surface area contributed by atoms with Gasteiger partial charge in [-0.3, -0.25) is 9.59 Å². The first kappa shape index (κ1) is 14.1. The number of hydrogen-bond acceptors (Lipinski definition) is 2. The zero-order chi connectivity index (χ0) is 13.8. The average molecular weight is 325 g/mol. The lowest BCUT2D eigenvalue weighted by atomic mass is 9.99. The van der Waals surface area contributed by atoms with Crippen molar-refractivity contribution >= 4 is 33.4 Å². The number of benzene rings is 1. The molecule has 0 spiro atoms. The van der Waals surface area contributed by atoms with Crippen molar-refractivity contribution in [1.29, 1.82) is 0 Å². The summed E-state index contributed by atoms with van der Waals surface area (Å²) in [5, 5.41) is 2.64. The van der Waals surface area contributed by atoms with Gasteiger partial charge in [0.2, 0.25) is 0 Å². The largest absolute Gasteiger partial charge is 0.334 e. The molecule has 5 heteroatoms. The number of carbonyl (C=O) groups is 2. The topological polar surface area (TPSA) is 49.4 Å². The maximum atomic E-state index is 12.0. The number of hydrogen-bond donors (Lipinski definition) is 1. The molecule has 1 aliphatic rings. The minimum absolute atomic E-state index is 0.442. The monoisotopic (exact) mass is 324 g/mol. The summed E-state index contributed by atoms with van der Waals surface area (Å²) in [6.45, 7) is 3.51. The van der Waals surface area contributed by atoms with Gasteiger partial charge < -0.3 is 10.2 Å². The zero-order valence-corrected chi connectivity index (χ0v) is 12.4. The van der Waals surface area contributed by atoms with E-state index in [-0.39, 0.29) is 0 Å². The molecular formula is C14H17BrN2O2. The number of likely N-dealkylation sites (tertiary alicyclic amines) is 1. The van der Waals surface area contributed by atoms with E-state index >= 15 is 0 Å². The minimum Gasteiger partial charge on any atom is -0.334 e. The van der Waals surface area contributed by atoms with Crippen molar-refractivity contribution in [3.05, 3.63) is 28.7 Å². The molecule has 0 unspecified atom stereocenters. The van der Waals surface area contributed by atoms with Crippen LogP contribution in [0.1, 0.15) is 19.8 Å². The van der Waals surface area contributed by atoms with Crippen molar-refractivity contribution in [2.75, 3.05) is 18.4 Å². The van der Waals surface area contributed by atoms with E-state index in [2.05, 4.69) is 28.2 Å². The van der Waals surface area contributed by atoms with Crippen molar-refractivity contribution in [1.82, 2.24) is 4.90 Å². The lowest BCUT2D eigenvalue weighted by Gasteiger charge is -2.29. The van der Waals surface area contributed by atoms with Crippen molar-refractivity contribution in [2.45, 2.75) is 19.8 Å². The van der Waals surface area contributed by atoms with Gasteiger partial charge in [0, 0.05) is 17.6 Å². The standard InChI is InChI=1S/C14H17BrN2O2/c1-10-6-8-17(9-7-10)14(19)13(18)16-12-5-3-2-4-11(12)15/h2-5,10H,6-9H2,1H3,(H,16,18). The fourth-order valence-corrected chi connectivity index (χ4v) is 2.48. The number of carbonyl (C=O) groups excluding carboxylic acids is 2. The second-order valence-electron chi connectivity index (χ2n) is 4.91. The van der Waals surface area contributed by atoms with Crippen LogP contribution in [-0.4, -0.2) is 29.8 Å². The van der Waals surface area contributed by atoms with Crippen LogP contribution >= 0.6 is 15.9 Å². The number of piperidine rings is 1. The number of anilines is 1. The number of halogens is 1. The molecule has 1 aliphatic heterocycles. The first-order chi connectivity index (χ1) is 9.08. The summed E-state index contributed by atoms with van der Waals surface area (Å²) >= 11 is 3.34. The highest BCUT2D eigenvalue weighted by atomic mass is 79.9. The van der Waals surface area contributed by atoms with Gasteiger partial charge in [-0.05, 0) is 46.8 Å². The first-order valence-corrected chi connectivity index (χ1v) is 7.22. The van der Waals surface area contributed by atoms with Crippen molar-refractivity contribution in [2.24, 2.45) is 5.92 Å². The number of amides is 2. The van der Waals surface area contributed by atoms with Crippen LogP contribution in [-0.2, 0) is 9.59 Å². The van der Waals surface area contributed by atoms with Crippen LogP contribution in [0, 0.1) is 5.92 Å². The lowest BCUT2D eigenvalue weighted by Crippen LogP contribution is -2.43. The summed E-state index contributed by atoms with van der Waals surface area (Å²) in [5.74, 6) is -0.375. The smallest absolute Gasteiger partial charge is 0.313 e. The average Bonchev–Trinajstić information content (AvgIpc) is 2.41. The molecule has 2 amide bonds. The number of rotatable bonds is 1. The molecule has 1 saturated heterocycles. The van der Waals surface area contributed by atoms with E-state index in [4.69, 9.17) is 0 Å². The molecule has 0 bridgehead atoms. The van der Waals surface area contributed by atoms with Crippen LogP contribution in [0.2, 0.25) is 0 Å². The third-order valence-corrected chi connectivity index (χ3v) is 4.08. The van der Waals surface area contributed by atoms with E-state index in [0.29, 0.717) is 24.7 Å². The summed E-state index contributed by atoms with van der Waals surface area (Å²) in [4.78, 5) is 25.6. The maximum Gasteiger partial charge on any atom is 0.313 e. The van der Waals surface area contributed by atoms with Crippen LogP contribution in [0.4, 0.5) is 5.69 Å². The van der Waals surface area contributed by atoms with Crippen LogP contribution < -0.4 is 5.32 Å². The molecule has 1 aromatic carbocycles. The molecule has 0 saturated carbocycles. The third kappa shape index (κ3) is 3.56. The van der Waals surface area contributed by atoms with E-state index in [0.717, 1.165) is 17.3 Å². The van der Waals surface area contributed by atoms with Crippen molar-refractivity contribution < 1.29 is 9.59 Å². The van der Waals surface area contributed by atoms with Gasteiger partial charge in [0.15, 0.2) is 0 Å². The summed E-state index contributed by atoms with van der Waals surface area (Å²) in [7, 11) is 0. The molecule has 0 aliphatic carbocycles. The van der Waals surface area contributed by atoms with E-state index < -0.39 is 11.8 Å². The highest BCUT2D eigenvalue weighted by Gasteiger charge is 2.25. The summed E-state index contributed by atoms with van der Waals surface area (Å²) in [6.07, 6.45) is 1.93. The Kier molecular flexibility index (Phi) is 4.58. The predicted molar refractivity (Wildman–Crippen MR) is 77.7 cm³/mol. The molecular weight excluding hydrogens is 308 g/mol. The van der Waals surface area contributed by atoms with Crippen LogP contribution in [0.15, 0.2) is 28.7 Å². The minimum atomic E-state index is -0.568. The number of para-hydroxylation sites is 1. The van der Waals surface area contributed by atoms with Gasteiger partial charge in [-0.2, -0.15) is 0 Å². The Balaban J connectivity index is 1.96. The van der Waals surface area contributed by atoms with Gasteiger partial charge in [-0.15, -0.1) is 0 Å². The molecule has 1 N–H and O–H groups in total. The zero-order valence-electron chi connectivity index (χ0n) is 10.9. The van der Waals surface area contributed by atoms with E-state index in [1.165, 1.54) is 0 Å². The fraction of sp³-hybridized carbons (Fsp3) is 0.429. The summed E-state index contributed by atoms with van der Waals surface area (Å²) < 4.78 is 0.767. The van der Waals surface area contributed by atoms with Gasteiger partial charge in [0.05, 0.1) is 5.69 Å². The van der Waals surface area contributed by atoms with Crippen molar-refractivity contribution in [3.63, 3.8) is 0 Å². The Morgan fingerprint density at radius 2 is 1.89 bits per heavy atom. The highest BCUT2D eigenvalue weighted by molar-refractivity contribution is 9.10. The molecule has 1 fully saturated rings. The Morgan fingerprint density at radius 3 is 2.53 bits per heavy atom. The second-order valence-corrected chi connectivity index (χ2v) is 5.76. The second kappa shape index (κ2) is 6.19. The quantitative estimate of drug-likeness (QED) is 0.807. The predicted octanol–water partition coefficient (Wildman–Crippen LogP) is 2.65. The molecule has 2 rings (SSSR count). The fourth-order valence-electron chi connectivity index (χ4n) is 2.09. The van der Waals surface area contributed by atoms with E-state index in [9.17, 15) is 9.59 Å². The van der Waals surface area contributed by atoms with Gasteiger partial charge >= 0.3 is 11.8 Å². The Bertz CT molecular complexity index is 482. The first-order valence-electron chi connectivity index (χ1n) is 6.42. The van der Waals surface area contributed by atoms with E-state index in [1.807, 2.05) is 18.2 Å². The molecule has 19 heavy (non-hydrogen) atoms. The molecule has 102 valence electrons. The number of nitrogens with zero attached hydrogens (tertiary/aromatic N) is 1.